The molecular formula is C12H20N2O10. The number of carbonyl (C=O) groups is 4. The topological polar surface area (TPSA) is 192 Å². The number of carboxylic acids is 4. The molecule has 0 saturated heterocycles. The monoisotopic (exact) mass is 352 g/mol. The van der Waals surface area contributed by atoms with Gasteiger partial charge in [-0.25, -0.2) is 19.2 Å². The Labute approximate surface area is 136 Å². The summed E-state index contributed by atoms with van der Waals surface area (Å²) < 4.78 is 10.1. The van der Waals surface area contributed by atoms with Gasteiger partial charge in [-0.1, -0.05) is 0 Å². The van der Waals surface area contributed by atoms with Crippen LogP contribution >= 0.6 is 0 Å². The van der Waals surface area contributed by atoms with Crippen LogP contribution in [0, 0.1) is 0 Å². The summed E-state index contributed by atoms with van der Waals surface area (Å²) in [6.45, 7) is 0.465. The van der Waals surface area contributed by atoms with E-state index in [9.17, 15) is 19.2 Å². The number of carboxylic acid groups (broad SMARTS) is 4. The standard InChI is InChI=1S/C12H20N2O10/c15-9(16)7(10(17)18)13-1-3-23-5-6-24-4-2-14-8(11(19)20)12(21)22/h7-8,13-14H,1-6H2,(H,15,16)(H,17,18)(H,19,20)(H,21,22). The van der Waals surface area contributed by atoms with Crippen LogP contribution in [0.2, 0.25) is 0 Å². The lowest BCUT2D eigenvalue weighted by Gasteiger charge is -2.11. The van der Waals surface area contributed by atoms with Gasteiger partial charge in [-0.2, -0.15) is 0 Å². The highest BCUT2D eigenvalue weighted by Crippen LogP contribution is 1.86. The first kappa shape index (κ1) is 21.7. The zero-order valence-electron chi connectivity index (χ0n) is 12.6. The molecule has 0 aliphatic heterocycles. The summed E-state index contributed by atoms with van der Waals surface area (Å²) >= 11 is 0. The lowest BCUT2D eigenvalue weighted by atomic mass is 10.3. The van der Waals surface area contributed by atoms with E-state index in [2.05, 4.69) is 10.6 Å². The van der Waals surface area contributed by atoms with Crippen molar-refractivity contribution < 1.29 is 49.1 Å². The molecule has 12 nitrogen and oxygen atoms in total. The van der Waals surface area contributed by atoms with Crippen LogP contribution in [0.3, 0.4) is 0 Å². The van der Waals surface area contributed by atoms with Crippen LogP contribution in [-0.2, 0) is 28.7 Å². The first-order valence-corrected chi connectivity index (χ1v) is 6.80. The Morgan fingerprint density at radius 3 is 1.17 bits per heavy atom. The lowest BCUT2D eigenvalue weighted by Crippen LogP contribution is -2.44. The summed E-state index contributed by atoms with van der Waals surface area (Å²) in [5.41, 5.74) is 0. The van der Waals surface area contributed by atoms with Gasteiger partial charge in [-0.05, 0) is 0 Å². The van der Waals surface area contributed by atoms with Gasteiger partial charge in [0.1, 0.15) is 0 Å². The number of rotatable bonds is 15. The van der Waals surface area contributed by atoms with Crippen LogP contribution in [0.15, 0.2) is 0 Å². The van der Waals surface area contributed by atoms with E-state index in [0.717, 1.165) is 0 Å². The first-order valence-electron chi connectivity index (χ1n) is 6.80. The molecule has 0 saturated carbocycles. The molecule has 0 aliphatic rings. The van der Waals surface area contributed by atoms with Gasteiger partial charge in [-0.3, -0.25) is 10.6 Å². The number of hydrogen-bond acceptors (Lipinski definition) is 8. The number of ether oxygens (including phenoxy) is 2. The Balaban J connectivity index is 3.58. The smallest absolute Gasteiger partial charge is 0.332 e. The van der Waals surface area contributed by atoms with Crippen molar-refractivity contribution in [3.63, 3.8) is 0 Å². The molecule has 0 aliphatic carbocycles. The van der Waals surface area contributed by atoms with Crippen molar-refractivity contribution in [3.05, 3.63) is 0 Å². The van der Waals surface area contributed by atoms with Crippen molar-refractivity contribution in [3.8, 4) is 0 Å². The fourth-order valence-corrected chi connectivity index (χ4v) is 1.43. The molecule has 6 N–H and O–H groups in total. The normalized spacial score (nSPS) is 10.9. The van der Waals surface area contributed by atoms with Crippen LogP contribution in [-0.4, -0.2) is 95.9 Å². The fraction of sp³-hybridized carbons (Fsp3) is 0.667. The molecule has 0 aromatic rings. The maximum absolute atomic E-state index is 10.6. The molecule has 24 heavy (non-hydrogen) atoms. The third-order valence-electron chi connectivity index (χ3n) is 2.55. The zero-order valence-corrected chi connectivity index (χ0v) is 12.6. The molecule has 0 bridgehead atoms. The third-order valence-corrected chi connectivity index (χ3v) is 2.55. The molecule has 0 fully saturated rings. The summed E-state index contributed by atoms with van der Waals surface area (Å²) in [5, 5.41) is 38.9. The van der Waals surface area contributed by atoms with E-state index in [0.29, 0.717) is 0 Å². The summed E-state index contributed by atoms with van der Waals surface area (Å²) in [7, 11) is 0. The maximum Gasteiger partial charge on any atom is 0.332 e. The summed E-state index contributed by atoms with van der Waals surface area (Å²) in [6.07, 6.45) is 0. The molecule has 0 amide bonds. The first-order chi connectivity index (χ1) is 11.3. The largest absolute Gasteiger partial charge is 0.480 e. The molecule has 0 aromatic heterocycles. The van der Waals surface area contributed by atoms with Crippen molar-refractivity contribution in [2.75, 3.05) is 39.5 Å². The lowest BCUT2D eigenvalue weighted by molar-refractivity contribution is -0.153. The van der Waals surface area contributed by atoms with Crippen molar-refractivity contribution in [1.29, 1.82) is 0 Å². The van der Waals surface area contributed by atoms with Crippen LogP contribution < -0.4 is 10.6 Å². The highest BCUT2D eigenvalue weighted by Gasteiger charge is 2.25. The van der Waals surface area contributed by atoms with Gasteiger partial charge in [-0.15, -0.1) is 0 Å². The van der Waals surface area contributed by atoms with E-state index >= 15 is 0 Å². The number of hydrogen-bond donors (Lipinski definition) is 6. The van der Waals surface area contributed by atoms with Gasteiger partial charge < -0.3 is 29.9 Å². The van der Waals surface area contributed by atoms with Crippen LogP contribution in [0.1, 0.15) is 0 Å². The van der Waals surface area contributed by atoms with E-state index in [1.165, 1.54) is 0 Å². The van der Waals surface area contributed by atoms with Crippen molar-refractivity contribution in [2.45, 2.75) is 12.1 Å². The Morgan fingerprint density at radius 1 is 0.625 bits per heavy atom. The maximum atomic E-state index is 10.6. The third kappa shape index (κ3) is 9.68. The second-order valence-electron chi connectivity index (χ2n) is 4.35. The minimum atomic E-state index is -1.70. The molecule has 0 radical (unpaired) electrons. The Hall–Kier alpha value is -2.28. The Morgan fingerprint density at radius 2 is 0.917 bits per heavy atom. The predicted octanol–water partition coefficient (Wildman–Crippen LogP) is -2.73. The molecular weight excluding hydrogens is 332 g/mol. The van der Waals surface area contributed by atoms with E-state index < -0.39 is 36.0 Å². The molecule has 0 heterocycles. The molecule has 0 atom stereocenters. The zero-order chi connectivity index (χ0) is 18.5. The summed E-state index contributed by atoms with van der Waals surface area (Å²) in [5.74, 6) is -6.00. The molecule has 0 unspecified atom stereocenters. The molecule has 12 heteroatoms. The van der Waals surface area contributed by atoms with Crippen molar-refractivity contribution in [2.24, 2.45) is 0 Å². The summed E-state index contributed by atoms with van der Waals surface area (Å²) in [4.78, 5) is 42.2. The van der Waals surface area contributed by atoms with E-state index in [1.807, 2.05) is 0 Å². The fourth-order valence-electron chi connectivity index (χ4n) is 1.43. The molecule has 138 valence electrons. The predicted molar refractivity (Wildman–Crippen MR) is 75.8 cm³/mol. The summed E-state index contributed by atoms with van der Waals surface area (Å²) in [6, 6.07) is -3.40. The highest BCUT2D eigenvalue weighted by molar-refractivity contribution is 5.97. The van der Waals surface area contributed by atoms with Crippen LogP contribution in [0.25, 0.3) is 0 Å². The Kier molecular flexibility index (Phi) is 11.0. The van der Waals surface area contributed by atoms with Gasteiger partial charge in [0.05, 0.1) is 26.4 Å². The molecule has 0 spiro atoms. The number of nitrogens with one attached hydrogen (secondary N) is 2. The van der Waals surface area contributed by atoms with Gasteiger partial charge in [0.2, 0.25) is 12.1 Å². The number of aliphatic carboxylic acids is 4. The van der Waals surface area contributed by atoms with Crippen LogP contribution in [0.4, 0.5) is 0 Å². The second-order valence-corrected chi connectivity index (χ2v) is 4.35. The molecule has 0 aromatic carbocycles. The van der Waals surface area contributed by atoms with Gasteiger partial charge in [0, 0.05) is 13.1 Å². The van der Waals surface area contributed by atoms with E-state index in [4.69, 9.17) is 29.9 Å². The SMILES string of the molecule is O=C(O)C(NCCOCCOCCNC(C(=O)O)C(=O)O)C(=O)O. The molecule has 0 rings (SSSR count). The minimum absolute atomic E-state index is 0.0176. The van der Waals surface area contributed by atoms with E-state index in [1.54, 1.807) is 0 Å². The minimum Gasteiger partial charge on any atom is -0.480 e. The Bertz CT molecular complexity index is 374. The van der Waals surface area contributed by atoms with Crippen molar-refractivity contribution in [1.82, 2.24) is 10.6 Å². The highest BCUT2D eigenvalue weighted by atomic mass is 16.5. The average Bonchev–Trinajstić information content (AvgIpc) is 2.46. The van der Waals surface area contributed by atoms with Gasteiger partial charge in [0.25, 0.3) is 0 Å². The average molecular weight is 352 g/mol. The second kappa shape index (κ2) is 12.2. The van der Waals surface area contributed by atoms with Crippen LogP contribution in [0.5, 0.6) is 0 Å². The van der Waals surface area contributed by atoms with E-state index in [-0.39, 0.29) is 39.5 Å². The van der Waals surface area contributed by atoms with Gasteiger partial charge >= 0.3 is 23.9 Å². The van der Waals surface area contributed by atoms with Crippen molar-refractivity contribution >= 4 is 23.9 Å². The van der Waals surface area contributed by atoms with Gasteiger partial charge in [0.15, 0.2) is 0 Å². The quantitative estimate of drug-likeness (QED) is 0.132.